The summed E-state index contributed by atoms with van der Waals surface area (Å²) in [7, 11) is -0.342. The second kappa shape index (κ2) is 9.52. The van der Waals surface area contributed by atoms with Gasteiger partial charge in [0.05, 0.1) is 12.0 Å². The molecule has 7 nitrogen and oxygen atoms in total. The first kappa shape index (κ1) is 21.7. The minimum Gasteiger partial charge on any atom is -0.497 e. The summed E-state index contributed by atoms with van der Waals surface area (Å²) in [6.45, 7) is 5.98. The standard InChI is InChI=1S/C19H31N3O4S/c1-14(2)18(19(23)22-11-9-15(10-12-22)13-20-3)21-27(24,25)17-7-5-16(26-4)6-8-17/h5-8,14-15,18,20-21H,9-13H2,1-4H3. The number of likely N-dealkylation sites (tertiary alicyclic amines) is 1. The average Bonchev–Trinajstić information content (AvgIpc) is 2.66. The molecule has 1 aromatic carbocycles. The van der Waals surface area contributed by atoms with Crippen molar-refractivity contribution in [3.63, 3.8) is 0 Å². The monoisotopic (exact) mass is 397 g/mol. The Kier molecular flexibility index (Phi) is 7.64. The van der Waals surface area contributed by atoms with Crippen LogP contribution in [0.5, 0.6) is 5.75 Å². The number of carbonyl (C=O) groups is 1. The van der Waals surface area contributed by atoms with Gasteiger partial charge < -0.3 is 15.0 Å². The van der Waals surface area contributed by atoms with E-state index < -0.39 is 16.1 Å². The number of ether oxygens (including phenoxy) is 1. The molecule has 1 aliphatic heterocycles. The Morgan fingerprint density at radius 3 is 2.30 bits per heavy atom. The molecule has 0 spiro atoms. The molecule has 1 amide bonds. The Hall–Kier alpha value is -1.64. The van der Waals surface area contributed by atoms with Crippen LogP contribution in [0.4, 0.5) is 0 Å². The molecule has 1 unspecified atom stereocenters. The number of methoxy groups -OCH3 is 1. The minimum absolute atomic E-state index is 0.120. The molecule has 152 valence electrons. The number of hydrogen-bond donors (Lipinski definition) is 2. The Labute approximate surface area is 162 Å². The first-order chi connectivity index (χ1) is 12.8. The van der Waals surface area contributed by atoms with Crippen LogP contribution in [0.15, 0.2) is 29.2 Å². The van der Waals surface area contributed by atoms with Crippen LogP contribution in [-0.4, -0.2) is 59.1 Å². The molecule has 0 radical (unpaired) electrons. The maximum absolute atomic E-state index is 13.0. The quantitative estimate of drug-likeness (QED) is 0.693. The molecule has 1 heterocycles. The predicted molar refractivity (Wildman–Crippen MR) is 105 cm³/mol. The van der Waals surface area contributed by atoms with E-state index in [1.165, 1.54) is 19.2 Å². The van der Waals surface area contributed by atoms with Crippen molar-refractivity contribution in [1.82, 2.24) is 14.9 Å². The summed E-state index contributed by atoms with van der Waals surface area (Å²) >= 11 is 0. The molecule has 1 atom stereocenters. The van der Waals surface area contributed by atoms with Crippen LogP contribution in [-0.2, 0) is 14.8 Å². The number of nitrogens with one attached hydrogen (secondary N) is 2. The molecule has 1 aliphatic rings. The normalized spacial score (nSPS) is 17.1. The molecular formula is C19H31N3O4S. The third-order valence-corrected chi connectivity index (χ3v) is 6.46. The van der Waals surface area contributed by atoms with E-state index in [1.807, 2.05) is 20.9 Å². The van der Waals surface area contributed by atoms with Gasteiger partial charge in [-0.25, -0.2) is 8.42 Å². The van der Waals surface area contributed by atoms with Gasteiger partial charge in [-0.05, 0) is 62.5 Å². The highest BCUT2D eigenvalue weighted by molar-refractivity contribution is 7.89. The average molecular weight is 398 g/mol. The van der Waals surface area contributed by atoms with Gasteiger partial charge in [0.1, 0.15) is 11.8 Å². The lowest BCUT2D eigenvalue weighted by atomic mass is 9.95. The van der Waals surface area contributed by atoms with E-state index in [0.717, 1.165) is 19.4 Å². The number of amides is 1. The Bertz CT molecular complexity index is 711. The lowest BCUT2D eigenvalue weighted by Crippen LogP contribution is -2.53. The fourth-order valence-electron chi connectivity index (χ4n) is 3.30. The largest absolute Gasteiger partial charge is 0.497 e. The SMILES string of the molecule is CNCC1CCN(C(=O)C(NS(=O)(=O)c2ccc(OC)cc2)C(C)C)CC1. The highest BCUT2D eigenvalue weighted by Crippen LogP contribution is 2.20. The second-order valence-electron chi connectivity index (χ2n) is 7.34. The van der Waals surface area contributed by atoms with Crippen LogP contribution >= 0.6 is 0 Å². The molecule has 8 heteroatoms. The van der Waals surface area contributed by atoms with Gasteiger partial charge in [0, 0.05) is 13.1 Å². The predicted octanol–water partition coefficient (Wildman–Crippen LogP) is 1.46. The van der Waals surface area contributed by atoms with Gasteiger partial charge in [-0.2, -0.15) is 4.72 Å². The third-order valence-electron chi connectivity index (χ3n) is 5.00. The first-order valence-electron chi connectivity index (χ1n) is 9.38. The lowest BCUT2D eigenvalue weighted by Gasteiger charge is -2.35. The van der Waals surface area contributed by atoms with Crippen molar-refractivity contribution in [3.8, 4) is 5.75 Å². The number of carbonyl (C=O) groups excluding carboxylic acids is 1. The summed E-state index contributed by atoms with van der Waals surface area (Å²) in [6, 6.07) is 5.36. The van der Waals surface area contributed by atoms with Crippen molar-refractivity contribution >= 4 is 15.9 Å². The molecule has 2 rings (SSSR count). The van der Waals surface area contributed by atoms with E-state index in [4.69, 9.17) is 4.74 Å². The summed E-state index contributed by atoms with van der Waals surface area (Å²) in [6.07, 6.45) is 1.87. The highest BCUT2D eigenvalue weighted by atomic mass is 32.2. The van der Waals surface area contributed by atoms with Gasteiger partial charge >= 0.3 is 0 Å². The van der Waals surface area contributed by atoms with E-state index in [2.05, 4.69) is 10.0 Å². The zero-order valence-corrected chi connectivity index (χ0v) is 17.4. The molecule has 1 fully saturated rings. The van der Waals surface area contributed by atoms with E-state index in [9.17, 15) is 13.2 Å². The summed E-state index contributed by atoms with van der Waals surface area (Å²) < 4.78 is 33.2. The highest BCUT2D eigenvalue weighted by Gasteiger charge is 2.33. The van der Waals surface area contributed by atoms with Crippen molar-refractivity contribution in [2.24, 2.45) is 11.8 Å². The zero-order chi connectivity index (χ0) is 20.0. The molecule has 0 aromatic heterocycles. The Balaban J connectivity index is 2.08. The minimum atomic E-state index is -3.80. The molecule has 0 bridgehead atoms. The Morgan fingerprint density at radius 1 is 1.22 bits per heavy atom. The van der Waals surface area contributed by atoms with Gasteiger partial charge in [0.25, 0.3) is 0 Å². The van der Waals surface area contributed by atoms with Crippen LogP contribution in [0, 0.1) is 11.8 Å². The summed E-state index contributed by atoms with van der Waals surface area (Å²) in [5.74, 6) is 0.841. The van der Waals surface area contributed by atoms with Crippen molar-refractivity contribution in [2.75, 3.05) is 33.8 Å². The summed E-state index contributed by atoms with van der Waals surface area (Å²) in [5, 5.41) is 3.18. The van der Waals surface area contributed by atoms with Gasteiger partial charge in [-0.1, -0.05) is 13.8 Å². The third kappa shape index (κ3) is 5.67. The van der Waals surface area contributed by atoms with Crippen molar-refractivity contribution in [3.05, 3.63) is 24.3 Å². The number of benzene rings is 1. The number of hydrogen-bond acceptors (Lipinski definition) is 5. The second-order valence-corrected chi connectivity index (χ2v) is 9.06. The van der Waals surface area contributed by atoms with Crippen LogP contribution in [0.3, 0.4) is 0 Å². The first-order valence-corrected chi connectivity index (χ1v) is 10.9. The molecule has 0 saturated carbocycles. The maximum atomic E-state index is 13.0. The van der Waals surface area contributed by atoms with Gasteiger partial charge in [0.15, 0.2) is 0 Å². The number of sulfonamides is 1. The Morgan fingerprint density at radius 2 is 1.81 bits per heavy atom. The van der Waals surface area contributed by atoms with Crippen molar-refractivity contribution in [1.29, 1.82) is 0 Å². The molecule has 1 saturated heterocycles. The maximum Gasteiger partial charge on any atom is 0.241 e. The van der Waals surface area contributed by atoms with Gasteiger partial charge in [0.2, 0.25) is 15.9 Å². The summed E-state index contributed by atoms with van der Waals surface area (Å²) in [5.41, 5.74) is 0. The van der Waals surface area contributed by atoms with Crippen LogP contribution in [0.2, 0.25) is 0 Å². The fourth-order valence-corrected chi connectivity index (χ4v) is 4.64. The van der Waals surface area contributed by atoms with Gasteiger partial charge in [-0.3, -0.25) is 4.79 Å². The van der Waals surface area contributed by atoms with Crippen molar-refractivity contribution in [2.45, 2.75) is 37.6 Å². The van der Waals surface area contributed by atoms with Crippen molar-refractivity contribution < 1.29 is 17.9 Å². The lowest BCUT2D eigenvalue weighted by molar-refractivity contribution is -0.135. The molecular weight excluding hydrogens is 366 g/mol. The topological polar surface area (TPSA) is 87.7 Å². The molecule has 1 aromatic rings. The van der Waals surface area contributed by atoms with E-state index in [-0.39, 0.29) is 16.7 Å². The fraction of sp³-hybridized carbons (Fsp3) is 0.632. The zero-order valence-electron chi connectivity index (χ0n) is 16.6. The van der Waals surface area contributed by atoms with Crippen LogP contribution < -0.4 is 14.8 Å². The van der Waals surface area contributed by atoms with Crippen LogP contribution in [0.25, 0.3) is 0 Å². The summed E-state index contributed by atoms with van der Waals surface area (Å²) in [4.78, 5) is 14.9. The number of nitrogens with zero attached hydrogens (tertiary/aromatic N) is 1. The molecule has 27 heavy (non-hydrogen) atoms. The van der Waals surface area contributed by atoms with E-state index in [1.54, 1.807) is 17.0 Å². The smallest absolute Gasteiger partial charge is 0.241 e. The molecule has 0 aliphatic carbocycles. The molecule has 2 N–H and O–H groups in total. The van der Waals surface area contributed by atoms with Gasteiger partial charge in [-0.15, -0.1) is 0 Å². The van der Waals surface area contributed by atoms with E-state index in [0.29, 0.717) is 24.8 Å². The van der Waals surface area contributed by atoms with Crippen LogP contribution in [0.1, 0.15) is 26.7 Å². The number of rotatable bonds is 8. The van der Waals surface area contributed by atoms with E-state index >= 15 is 0 Å². The number of piperidine rings is 1.